The van der Waals surface area contributed by atoms with Crippen molar-refractivity contribution in [2.75, 3.05) is 0 Å². The maximum Gasteiger partial charge on any atom is 0.221 e. The Bertz CT molecular complexity index is 271. The van der Waals surface area contributed by atoms with E-state index in [2.05, 4.69) is 33.9 Å². The number of hydrogen-bond donors (Lipinski definition) is 0. The van der Waals surface area contributed by atoms with E-state index in [9.17, 15) is 5.21 Å². The van der Waals surface area contributed by atoms with Crippen molar-refractivity contribution in [1.29, 1.82) is 0 Å². The van der Waals surface area contributed by atoms with Gasteiger partial charge >= 0.3 is 0 Å². The zero-order valence-electron chi connectivity index (χ0n) is 11.3. The van der Waals surface area contributed by atoms with Gasteiger partial charge in [-0.2, -0.15) is 0 Å². The lowest BCUT2D eigenvalue weighted by atomic mass is 9.99. The standard InChI is InChI=1S/C12H25NO2Si/c1-12(2,3)16(4,5)15-13(14)11-9-7-6-8-10-11/h6-10H2,1-5H3. The highest BCUT2D eigenvalue weighted by atomic mass is 28.4. The highest BCUT2D eigenvalue weighted by Crippen LogP contribution is 2.36. The number of hydrogen-bond acceptors (Lipinski definition) is 2. The molecule has 94 valence electrons. The minimum atomic E-state index is -1.96. The van der Waals surface area contributed by atoms with Gasteiger partial charge in [0, 0.05) is 17.7 Å². The highest BCUT2D eigenvalue weighted by molar-refractivity contribution is 6.73. The molecule has 0 unspecified atom stereocenters. The first-order valence-electron chi connectivity index (χ1n) is 6.25. The SMILES string of the molecule is CC(C)(C)[Si](C)(C)O[N+]([O-])=C1CCCCC1. The zero-order valence-corrected chi connectivity index (χ0v) is 12.3. The van der Waals surface area contributed by atoms with Crippen molar-refractivity contribution in [2.45, 2.75) is 71.0 Å². The second kappa shape index (κ2) is 4.78. The van der Waals surface area contributed by atoms with Crippen LogP contribution in [0, 0.1) is 5.21 Å². The Morgan fingerprint density at radius 1 is 1.12 bits per heavy atom. The van der Waals surface area contributed by atoms with Crippen LogP contribution in [0.5, 0.6) is 0 Å². The van der Waals surface area contributed by atoms with Gasteiger partial charge in [0.05, 0.1) is 0 Å². The van der Waals surface area contributed by atoms with E-state index in [-0.39, 0.29) is 5.04 Å². The summed E-state index contributed by atoms with van der Waals surface area (Å²) in [7, 11) is -1.96. The van der Waals surface area contributed by atoms with Crippen molar-refractivity contribution in [2.24, 2.45) is 0 Å². The van der Waals surface area contributed by atoms with Gasteiger partial charge in [-0.3, -0.25) is 5.21 Å². The van der Waals surface area contributed by atoms with Crippen LogP contribution in [0.4, 0.5) is 0 Å². The van der Waals surface area contributed by atoms with E-state index >= 15 is 0 Å². The Labute approximate surface area is 100 Å². The molecule has 0 saturated heterocycles. The second-order valence-corrected chi connectivity index (χ2v) is 10.9. The summed E-state index contributed by atoms with van der Waals surface area (Å²) in [5, 5.41) is 12.0. The van der Waals surface area contributed by atoms with E-state index in [0.29, 0.717) is 0 Å². The van der Waals surface area contributed by atoms with Crippen LogP contribution in [-0.2, 0) is 4.53 Å². The Morgan fingerprint density at radius 3 is 2.06 bits per heavy atom. The molecule has 1 rings (SSSR count). The Hall–Kier alpha value is -0.513. The summed E-state index contributed by atoms with van der Waals surface area (Å²) in [6.45, 7) is 10.7. The van der Waals surface area contributed by atoms with Crippen molar-refractivity contribution in [3.05, 3.63) is 5.21 Å². The third kappa shape index (κ3) is 3.24. The zero-order chi connectivity index (χ0) is 12.4. The first-order valence-corrected chi connectivity index (χ1v) is 9.16. The average molecular weight is 243 g/mol. The van der Waals surface area contributed by atoms with Crippen molar-refractivity contribution in [1.82, 2.24) is 0 Å². The lowest BCUT2D eigenvalue weighted by Crippen LogP contribution is -2.44. The lowest BCUT2D eigenvalue weighted by molar-refractivity contribution is -0.706. The Balaban J connectivity index is 2.72. The summed E-state index contributed by atoms with van der Waals surface area (Å²) in [4.78, 5) is 0.844. The normalized spacial score (nSPS) is 18.4. The molecule has 1 aliphatic rings. The molecule has 0 aromatic carbocycles. The smallest absolute Gasteiger partial charge is 0.221 e. The molecular weight excluding hydrogens is 218 g/mol. The first kappa shape index (κ1) is 13.6. The summed E-state index contributed by atoms with van der Waals surface area (Å²) in [6, 6.07) is 0. The van der Waals surface area contributed by atoms with E-state index in [0.717, 1.165) is 36.3 Å². The van der Waals surface area contributed by atoms with Crippen molar-refractivity contribution in [3.63, 3.8) is 0 Å². The molecule has 16 heavy (non-hydrogen) atoms. The molecule has 0 amide bonds. The van der Waals surface area contributed by atoms with Crippen molar-refractivity contribution in [3.8, 4) is 0 Å². The predicted octanol–water partition coefficient (Wildman–Crippen LogP) is 3.84. The van der Waals surface area contributed by atoms with Gasteiger partial charge in [-0.25, -0.2) is 0 Å². The minimum Gasteiger partial charge on any atom is -0.443 e. The maximum atomic E-state index is 12.0. The molecule has 0 spiro atoms. The van der Waals surface area contributed by atoms with Gasteiger partial charge in [-0.15, -0.1) is 0 Å². The van der Waals surface area contributed by atoms with Gasteiger partial charge in [-0.05, 0) is 17.9 Å². The fraction of sp³-hybridized carbons (Fsp3) is 0.917. The first-order chi connectivity index (χ1) is 7.24. The molecular formula is C12H25NO2Si. The fourth-order valence-electron chi connectivity index (χ4n) is 1.55. The Kier molecular flexibility index (Phi) is 4.05. The molecule has 0 heterocycles. The van der Waals surface area contributed by atoms with E-state index < -0.39 is 8.32 Å². The lowest BCUT2D eigenvalue weighted by Gasteiger charge is -2.38. The number of rotatable bonds is 2. The third-order valence-electron chi connectivity index (χ3n) is 3.81. The molecule has 0 bridgehead atoms. The quantitative estimate of drug-likeness (QED) is 0.419. The topological polar surface area (TPSA) is 35.3 Å². The average Bonchev–Trinajstić information content (AvgIpc) is 2.16. The van der Waals surface area contributed by atoms with Crippen LogP contribution < -0.4 is 0 Å². The fourth-order valence-corrected chi connectivity index (χ4v) is 2.37. The molecule has 0 aromatic heterocycles. The van der Waals surface area contributed by atoms with Crippen molar-refractivity contribution >= 4 is 14.0 Å². The van der Waals surface area contributed by atoms with Gasteiger partial charge in [0.25, 0.3) is 0 Å². The van der Waals surface area contributed by atoms with Crippen molar-refractivity contribution < 1.29 is 9.43 Å². The van der Waals surface area contributed by atoms with E-state index in [1.165, 1.54) is 6.42 Å². The van der Waals surface area contributed by atoms with Crippen LogP contribution >= 0.6 is 0 Å². The van der Waals surface area contributed by atoms with Gasteiger partial charge in [0.15, 0.2) is 8.32 Å². The van der Waals surface area contributed by atoms with Gasteiger partial charge in [0.1, 0.15) is 0 Å². The summed E-state index contributed by atoms with van der Waals surface area (Å²) < 4.78 is 5.72. The summed E-state index contributed by atoms with van der Waals surface area (Å²) in [5.74, 6) is 0. The summed E-state index contributed by atoms with van der Waals surface area (Å²) in [5.41, 5.74) is 0.941. The van der Waals surface area contributed by atoms with E-state index in [1.807, 2.05) is 0 Å². The predicted molar refractivity (Wildman–Crippen MR) is 70.0 cm³/mol. The van der Waals surface area contributed by atoms with Crippen LogP contribution in [0.25, 0.3) is 0 Å². The third-order valence-corrected chi connectivity index (χ3v) is 8.04. The second-order valence-electron chi connectivity index (χ2n) is 6.24. The summed E-state index contributed by atoms with van der Waals surface area (Å²) in [6.07, 6.45) is 5.34. The molecule has 1 saturated carbocycles. The Morgan fingerprint density at radius 2 is 1.62 bits per heavy atom. The minimum absolute atomic E-state index is 0.0882. The molecule has 3 nitrogen and oxygen atoms in total. The van der Waals surface area contributed by atoms with Crippen LogP contribution in [0.1, 0.15) is 52.9 Å². The van der Waals surface area contributed by atoms with Gasteiger partial charge < -0.3 is 4.53 Å². The summed E-state index contributed by atoms with van der Waals surface area (Å²) >= 11 is 0. The van der Waals surface area contributed by atoms with Crippen LogP contribution in [0.3, 0.4) is 0 Å². The van der Waals surface area contributed by atoms with E-state index in [4.69, 9.17) is 4.53 Å². The molecule has 1 aliphatic carbocycles. The molecule has 1 fully saturated rings. The number of nitrogens with zero attached hydrogens (tertiary/aromatic N) is 1. The molecule has 0 aliphatic heterocycles. The molecule has 0 aromatic rings. The highest BCUT2D eigenvalue weighted by Gasteiger charge is 2.37. The van der Waals surface area contributed by atoms with E-state index in [1.54, 1.807) is 0 Å². The monoisotopic (exact) mass is 243 g/mol. The van der Waals surface area contributed by atoms with Crippen LogP contribution in [-0.4, -0.2) is 18.9 Å². The van der Waals surface area contributed by atoms with Gasteiger partial charge in [0.2, 0.25) is 5.71 Å². The van der Waals surface area contributed by atoms with Gasteiger partial charge in [-0.1, -0.05) is 40.3 Å². The van der Waals surface area contributed by atoms with Crippen LogP contribution in [0.2, 0.25) is 18.1 Å². The molecule has 4 heteroatoms. The maximum absolute atomic E-state index is 12.0. The molecule has 0 atom stereocenters. The largest absolute Gasteiger partial charge is 0.443 e. The molecule has 0 radical (unpaired) electrons. The van der Waals surface area contributed by atoms with Crippen LogP contribution in [0.15, 0.2) is 0 Å². The molecule has 0 N–H and O–H groups in total.